The van der Waals surface area contributed by atoms with Gasteiger partial charge in [0.1, 0.15) is 0 Å². The third-order valence-corrected chi connectivity index (χ3v) is 2.52. The molecule has 0 fully saturated rings. The standard InChI is InChI=1S/C11H24O2/c1-7-9(12-5)8-10(13-6)11(2,3)4/h9-10H,7-8H2,1-6H3. The second kappa shape index (κ2) is 5.61. The number of methoxy groups -OCH3 is 2. The van der Waals surface area contributed by atoms with Crippen LogP contribution in [0.25, 0.3) is 0 Å². The number of hydrogen-bond acceptors (Lipinski definition) is 2. The van der Waals surface area contributed by atoms with E-state index < -0.39 is 0 Å². The van der Waals surface area contributed by atoms with Gasteiger partial charge in [-0.05, 0) is 11.8 Å². The van der Waals surface area contributed by atoms with Crippen LogP contribution < -0.4 is 0 Å². The monoisotopic (exact) mass is 188 g/mol. The molecule has 0 rings (SSSR count). The molecule has 0 aromatic carbocycles. The average Bonchev–Trinajstić information content (AvgIpc) is 2.04. The van der Waals surface area contributed by atoms with Crippen molar-refractivity contribution in [1.29, 1.82) is 0 Å². The Kier molecular flexibility index (Phi) is 5.57. The Hall–Kier alpha value is -0.0800. The quantitative estimate of drug-likeness (QED) is 0.660. The van der Waals surface area contributed by atoms with Gasteiger partial charge >= 0.3 is 0 Å². The van der Waals surface area contributed by atoms with Gasteiger partial charge in [0.15, 0.2) is 0 Å². The molecular formula is C11H24O2. The van der Waals surface area contributed by atoms with Crippen molar-refractivity contribution in [2.75, 3.05) is 14.2 Å². The molecule has 0 bridgehead atoms. The Balaban J connectivity index is 4.11. The van der Waals surface area contributed by atoms with Gasteiger partial charge in [-0.15, -0.1) is 0 Å². The van der Waals surface area contributed by atoms with Crippen molar-refractivity contribution in [1.82, 2.24) is 0 Å². The number of ether oxygens (including phenoxy) is 2. The molecule has 2 heteroatoms. The van der Waals surface area contributed by atoms with Gasteiger partial charge in [-0.25, -0.2) is 0 Å². The molecule has 2 nitrogen and oxygen atoms in total. The van der Waals surface area contributed by atoms with Crippen LogP contribution in [0.1, 0.15) is 40.5 Å². The molecule has 0 radical (unpaired) electrons. The lowest BCUT2D eigenvalue weighted by Gasteiger charge is -2.31. The van der Waals surface area contributed by atoms with Crippen molar-refractivity contribution in [3.63, 3.8) is 0 Å². The Morgan fingerprint density at radius 2 is 1.62 bits per heavy atom. The third kappa shape index (κ3) is 4.63. The molecule has 2 unspecified atom stereocenters. The second-order valence-corrected chi connectivity index (χ2v) is 4.59. The van der Waals surface area contributed by atoms with Crippen LogP contribution in [0.2, 0.25) is 0 Å². The molecule has 0 saturated carbocycles. The van der Waals surface area contributed by atoms with E-state index in [1.165, 1.54) is 0 Å². The van der Waals surface area contributed by atoms with Crippen molar-refractivity contribution in [3.05, 3.63) is 0 Å². The fourth-order valence-corrected chi connectivity index (χ4v) is 1.47. The minimum atomic E-state index is 0.195. The second-order valence-electron chi connectivity index (χ2n) is 4.59. The predicted octanol–water partition coefficient (Wildman–Crippen LogP) is 2.86. The van der Waals surface area contributed by atoms with Gasteiger partial charge in [-0.2, -0.15) is 0 Å². The molecule has 0 aromatic heterocycles. The van der Waals surface area contributed by atoms with Crippen LogP contribution in [0.4, 0.5) is 0 Å². The van der Waals surface area contributed by atoms with Crippen molar-refractivity contribution in [3.8, 4) is 0 Å². The number of rotatable bonds is 5. The zero-order chi connectivity index (χ0) is 10.5. The Bertz CT molecular complexity index is 123. The summed E-state index contributed by atoms with van der Waals surface area (Å²) >= 11 is 0. The zero-order valence-corrected chi connectivity index (χ0v) is 9.89. The molecule has 0 aromatic rings. The molecule has 80 valence electrons. The lowest BCUT2D eigenvalue weighted by Crippen LogP contribution is -2.32. The van der Waals surface area contributed by atoms with Crippen LogP contribution in [0.3, 0.4) is 0 Å². The maximum Gasteiger partial charge on any atom is 0.0644 e. The van der Waals surface area contributed by atoms with Gasteiger partial charge < -0.3 is 9.47 Å². The van der Waals surface area contributed by atoms with Gasteiger partial charge in [0.25, 0.3) is 0 Å². The van der Waals surface area contributed by atoms with Gasteiger partial charge in [0, 0.05) is 20.6 Å². The van der Waals surface area contributed by atoms with Gasteiger partial charge in [0.05, 0.1) is 12.2 Å². The molecule has 0 aliphatic rings. The molecule has 0 heterocycles. The summed E-state index contributed by atoms with van der Waals surface area (Å²) in [5.41, 5.74) is 0.195. The van der Waals surface area contributed by atoms with E-state index in [2.05, 4.69) is 27.7 Å². The van der Waals surface area contributed by atoms with Crippen molar-refractivity contribution in [2.45, 2.75) is 52.7 Å². The molecule has 0 aliphatic carbocycles. The summed E-state index contributed by atoms with van der Waals surface area (Å²) in [5, 5.41) is 0. The van der Waals surface area contributed by atoms with Crippen LogP contribution in [0.15, 0.2) is 0 Å². The minimum Gasteiger partial charge on any atom is -0.381 e. The maximum absolute atomic E-state index is 5.47. The maximum atomic E-state index is 5.47. The highest BCUT2D eigenvalue weighted by molar-refractivity contribution is 4.77. The molecule has 13 heavy (non-hydrogen) atoms. The highest BCUT2D eigenvalue weighted by Gasteiger charge is 2.26. The van der Waals surface area contributed by atoms with E-state index in [1.54, 1.807) is 14.2 Å². The van der Waals surface area contributed by atoms with Crippen molar-refractivity contribution >= 4 is 0 Å². The summed E-state index contributed by atoms with van der Waals surface area (Å²) in [5.74, 6) is 0. The first-order chi connectivity index (χ1) is 5.95. The van der Waals surface area contributed by atoms with E-state index in [0.29, 0.717) is 6.10 Å². The fourth-order valence-electron chi connectivity index (χ4n) is 1.47. The predicted molar refractivity (Wildman–Crippen MR) is 56.0 cm³/mol. The lowest BCUT2D eigenvalue weighted by atomic mass is 9.85. The largest absolute Gasteiger partial charge is 0.381 e. The smallest absolute Gasteiger partial charge is 0.0644 e. The first-order valence-electron chi connectivity index (χ1n) is 5.01. The third-order valence-electron chi connectivity index (χ3n) is 2.52. The number of hydrogen-bond donors (Lipinski definition) is 0. The Morgan fingerprint density at radius 3 is 1.85 bits per heavy atom. The van der Waals surface area contributed by atoms with E-state index in [0.717, 1.165) is 12.8 Å². The van der Waals surface area contributed by atoms with E-state index in [-0.39, 0.29) is 11.5 Å². The van der Waals surface area contributed by atoms with Crippen LogP contribution in [-0.4, -0.2) is 26.4 Å². The average molecular weight is 188 g/mol. The van der Waals surface area contributed by atoms with Crippen LogP contribution in [0, 0.1) is 5.41 Å². The molecule has 0 aliphatic heterocycles. The normalized spacial score (nSPS) is 17.1. The van der Waals surface area contributed by atoms with E-state index >= 15 is 0 Å². The Morgan fingerprint density at radius 1 is 1.08 bits per heavy atom. The van der Waals surface area contributed by atoms with Gasteiger partial charge in [-0.1, -0.05) is 27.7 Å². The van der Waals surface area contributed by atoms with Gasteiger partial charge in [-0.3, -0.25) is 0 Å². The summed E-state index contributed by atoms with van der Waals surface area (Å²) in [7, 11) is 3.54. The summed E-state index contributed by atoms with van der Waals surface area (Å²) < 4.78 is 10.8. The molecular weight excluding hydrogens is 164 g/mol. The first-order valence-corrected chi connectivity index (χ1v) is 5.01. The Labute approximate surface area is 82.6 Å². The summed E-state index contributed by atoms with van der Waals surface area (Å²) in [6, 6.07) is 0. The van der Waals surface area contributed by atoms with Crippen molar-refractivity contribution in [2.24, 2.45) is 5.41 Å². The summed E-state index contributed by atoms with van der Waals surface area (Å²) in [4.78, 5) is 0. The van der Waals surface area contributed by atoms with E-state index in [1.807, 2.05) is 0 Å². The summed E-state index contributed by atoms with van der Waals surface area (Å²) in [6.07, 6.45) is 2.63. The van der Waals surface area contributed by atoms with E-state index in [4.69, 9.17) is 9.47 Å². The lowest BCUT2D eigenvalue weighted by molar-refractivity contribution is -0.0307. The molecule has 0 spiro atoms. The van der Waals surface area contributed by atoms with Crippen LogP contribution in [-0.2, 0) is 9.47 Å². The molecule has 2 atom stereocenters. The SMILES string of the molecule is CCC(CC(OC)C(C)(C)C)OC. The molecule has 0 amide bonds. The van der Waals surface area contributed by atoms with Crippen molar-refractivity contribution < 1.29 is 9.47 Å². The highest BCUT2D eigenvalue weighted by Crippen LogP contribution is 2.26. The fraction of sp³-hybridized carbons (Fsp3) is 1.00. The van der Waals surface area contributed by atoms with Gasteiger partial charge in [0.2, 0.25) is 0 Å². The van der Waals surface area contributed by atoms with E-state index in [9.17, 15) is 0 Å². The molecule has 0 N–H and O–H groups in total. The van der Waals surface area contributed by atoms with Crippen LogP contribution >= 0.6 is 0 Å². The zero-order valence-electron chi connectivity index (χ0n) is 9.89. The minimum absolute atomic E-state index is 0.195. The highest BCUT2D eigenvalue weighted by atomic mass is 16.5. The van der Waals surface area contributed by atoms with Crippen LogP contribution in [0.5, 0.6) is 0 Å². The molecule has 0 saturated heterocycles. The summed E-state index contributed by atoms with van der Waals surface area (Å²) in [6.45, 7) is 8.74. The topological polar surface area (TPSA) is 18.5 Å². The first kappa shape index (κ1) is 12.9.